The van der Waals surface area contributed by atoms with Crippen LogP contribution in [0.4, 0.5) is 5.82 Å². The molecule has 2 aromatic rings. The maximum absolute atomic E-state index is 11.8. The first-order chi connectivity index (χ1) is 10.7. The van der Waals surface area contributed by atoms with Gasteiger partial charge in [0.1, 0.15) is 5.82 Å². The van der Waals surface area contributed by atoms with Crippen LogP contribution in [0.5, 0.6) is 0 Å². The highest BCUT2D eigenvalue weighted by molar-refractivity contribution is 5.80. The molecule has 3 heterocycles. The van der Waals surface area contributed by atoms with Crippen molar-refractivity contribution in [2.24, 2.45) is 0 Å². The van der Waals surface area contributed by atoms with Gasteiger partial charge in [-0.2, -0.15) is 0 Å². The van der Waals surface area contributed by atoms with Gasteiger partial charge in [-0.25, -0.2) is 9.97 Å². The number of anilines is 1. The van der Waals surface area contributed by atoms with E-state index in [9.17, 15) is 4.79 Å². The summed E-state index contributed by atoms with van der Waals surface area (Å²) in [5, 5.41) is 3.35. The molecule has 0 unspecified atom stereocenters. The third-order valence-electron chi connectivity index (χ3n) is 3.72. The van der Waals surface area contributed by atoms with Crippen LogP contribution in [0.3, 0.4) is 0 Å². The van der Waals surface area contributed by atoms with E-state index in [0.29, 0.717) is 12.2 Å². The van der Waals surface area contributed by atoms with Gasteiger partial charge in [-0.3, -0.25) is 9.78 Å². The normalized spacial score (nSPS) is 17.8. The highest BCUT2D eigenvalue weighted by Gasteiger charge is 2.28. The molecule has 1 N–H and O–H groups in total. The Hall–Kier alpha value is -2.50. The van der Waals surface area contributed by atoms with Crippen LogP contribution in [0.15, 0.2) is 30.6 Å². The average molecular weight is 297 g/mol. The van der Waals surface area contributed by atoms with Gasteiger partial charge in [0.2, 0.25) is 5.91 Å². The summed E-state index contributed by atoms with van der Waals surface area (Å²) in [5.74, 6) is 1.59. The van der Waals surface area contributed by atoms with Crippen molar-refractivity contribution in [3.8, 4) is 11.4 Å². The fourth-order valence-corrected chi connectivity index (χ4v) is 2.65. The van der Waals surface area contributed by atoms with E-state index in [1.165, 1.54) is 0 Å². The second-order valence-electron chi connectivity index (χ2n) is 5.44. The Balaban J connectivity index is 1.80. The van der Waals surface area contributed by atoms with E-state index in [2.05, 4.69) is 20.3 Å². The van der Waals surface area contributed by atoms with E-state index in [1.807, 2.05) is 36.9 Å². The van der Waals surface area contributed by atoms with E-state index >= 15 is 0 Å². The maximum atomic E-state index is 11.8. The molecule has 1 saturated heterocycles. The lowest BCUT2D eigenvalue weighted by Gasteiger charge is -2.15. The van der Waals surface area contributed by atoms with Gasteiger partial charge in [0.15, 0.2) is 5.82 Å². The number of hydrogen-bond donors (Lipinski definition) is 1. The first-order valence-corrected chi connectivity index (χ1v) is 7.46. The first kappa shape index (κ1) is 14.4. The number of aryl methyl sites for hydroxylation is 1. The van der Waals surface area contributed by atoms with Crippen LogP contribution < -0.4 is 5.32 Å². The lowest BCUT2D eigenvalue weighted by atomic mass is 10.2. The van der Waals surface area contributed by atoms with Gasteiger partial charge in [0.25, 0.3) is 0 Å². The molecular weight excluding hydrogens is 278 g/mol. The zero-order chi connectivity index (χ0) is 15.5. The number of hydrogen-bond acceptors (Lipinski definition) is 5. The summed E-state index contributed by atoms with van der Waals surface area (Å²) in [4.78, 5) is 26.8. The molecule has 6 nitrogen and oxygen atoms in total. The van der Waals surface area contributed by atoms with Crippen LogP contribution >= 0.6 is 0 Å². The monoisotopic (exact) mass is 297 g/mol. The van der Waals surface area contributed by atoms with Crippen molar-refractivity contribution in [3.63, 3.8) is 0 Å². The number of likely N-dealkylation sites (N-methyl/N-ethyl adjacent to an activating group) is 1. The van der Waals surface area contributed by atoms with Crippen molar-refractivity contribution in [3.05, 3.63) is 36.3 Å². The lowest BCUT2D eigenvalue weighted by molar-refractivity contribution is -0.127. The van der Waals surface area contributed by atoms with Crippen LogP contribution in [0.1, 0.15) is 19.0 Å². The fourth-order valence-electron chi connectivity index (χ4n) is 2.65. The Kier molecular flexibility index (Phi) is 4.00. The number of nitrogens with zero attached hydrogens (tertiary/aromatic N) is 4. The molecule has 0 spiro atoms. The van der Waals surface area contributed by atoms with Crippen molar-refractivity contribution in [2.45, 2.75) is 26.3 Å². The number of likely N-dealkylation sites (tertiary alicyclic amines) is 1. The SMILES string of the molecule is CCN1C[C@H](Nc2cc(C)nc(-c3cccnc3)n2)CC1=O. The zero-order valence-electron chi connectivity index (χ0n) is 12.8. The van der Waals surface area contributed by atoms with Gasteiger partial charge in [0.05, 0.1) is 6.04 Å². The Morgan fingerprint density at radius 2 is 2.27 bits per heavy atom. The summed E-state index contributed by atoms with van der Waals surface area (Å²) in [6.45, 7) is 5.40. The standard InChI is InChI=1S/C16H19N5O/c1-3-21-10-13(8-15(21)22)19-14-7-11(2)18-16(20-14)12-5-4-6-17-9-12/h4-7,9,13H,3,8,10H2,1-2H3,(H,18,19,20)/t13-/m1/s1. The van der Waals surface area contributed by atoms with Crippen molar-refractivity contribution in [2.75, 3.05) is 18.4 Å². The van der Waals surface area contributed by atoms with Gasteiger partial charge < -0.3 is 10.2 Å². The van der Waals surface area contributed by atoms with E-state index in [-0.39, 0.29) is 11.9 Å². The molecule has 3 rings (SSSR count). The Morgan fingerprint density at radius 1 is 1.41 bits per heavy atom. The number of amides is 1. The molecule has 2 aromatic heterocycles. The van der Waals surface area contributed by atoms with Gasteiger partial charge in [-0.05, 0) is 26.0 Å². The molecule has 1 amide bonds. The Morgan fingerprint density at radius 3 is 2.95 bits per heavy atom. The van der Waals surface area contributed by atoms with E-state index in [0.717, 1.165) is 30.2 Å². The predicted molar refractivity (Wildman–Crippen MR) is 84.3 cm³/mol. The van der Waals surface area contributed by atoms with E-state index in [4.69, 9.17) is 0 Å². The van der Waals surface area contributed by atoms with Crippen LogP contribution in [-0.2, 0) is 4.79 Å². The fraction of sp³-hybridized carbons (Fsp3) is 0.375. The lowest BCUT2D eigenvalue weighted by Crippen LogP contribution is -2.27. The second-order valence-corrected chi connectivity index (χ2v) is 5.44. The highest BCUT2D eigenvalue weighted by Crippen LogP contribution is 2.19. The molecule has 0 aliphatic carbocycles. The molecule has 1 fully saturated rings. The summed E-state index contributed by atoms with van der Waals surface area (Å²) in [5.41, 5.74) is 1.76. The quantitative estimate of drug-likeness (QED) is 0.933. The largest absolute Gasteiger partial charge is 0.365 e. The second kappa shape index (κ2) is 6.09. The number of aromatic nitrogens is 3. The molecular formula is C16H19N5O. The van der Waals surface area contributed by atoms with Crippen LogP contribution in [0, 0.1) is 6.92 Å². The topological polar surface area (TPSA) is 71.0 Å². The maximum Gasteiger partial charge on any atom is 0.224 e. The van der Waals surface area contributed by atoms with Crippen molar-refractivity contribution in [1.82, 2.24) is 19.9 Å². The number of carbonyl (C=O) groups is 1. The number of pyridine rings is 1. The predicted octanol–water partition coefficient (Wildman–Crippen LogP) is 1.88. The summed E-state index contributed by atoms with van der Waals surface area (Å²) in [7, 11) is 0. The van der Waals surface area contributed by atoms with Gasteiger partial charge >= 0.3 is 0 Å². The summed E-state index contributed by atoms with van der Waals surface area (Å²) >= 11 is 0. The minimum Gasteiger partial charge on any atom is -0.365 e. The Bertz CT molecular complexity index is 673. The molecule has 114 valence electrons. The van der Waals surface area contributed by atoms with Gasteiger partial charge in [-0.1, -0.05) is 0 Å². The molecule has 22 heavy (non-hydrogen) atoms. The van der Waals surface area contributed by atoms with E-state index < -0.39 is 0 Å². The minimum atomic E-state index is 0.100. The Labute approximate surface area is 129 Å². The molecule has 0 radical (unpaired) electrons. The van der Waals surface area contributed by atoms with Crippen LogP contribution in [0.2, 0.25) is 0 Å². The number of rotatable bonds is 4. The van der Waals surface area contributed by atoms with E-state index in [1.54, 1.807) is 12.4 Å². The molecule has 0 aromatic carbocycles. The number of nitrogens with one attached hydrogen (secondary N) is 1. The smallest absolute Gasteiger partial charge is 0.224 e. The summed E-state index contributed by atoms with van der Waals surface area (Å²) in [6.07, 6.45) is 3.98. The van der Waals surface area contributed by atoms with Crippen molar-refractivity contribution >= 4 is 11.7 Å². The molecule has 0 saturated carbocycles. The van der Waals surface area contributed by atoms with Gasteiger partial charge in [-0.15, -0.1) is 0 Å². The molecule has 1 atom stereocenters. The number of carbonyl (C=O) groups excluding carboxylic acids is 1. The minimum absolute atomic E-state index is 0.100. The van der Waals surface area contributed by atoms with Crippen molar-refractivity contribution < 1.29 is 4.79 Å². The highest BCUT2D eigenvalue weighted by atomic mass is 16.2. The van der Waals surface area contributed by atoms with Crippen LogP contribution in [0.25, 0.3) is 11.4 Å². The molecule has 6 heteroatoms. The third kappa shape index (κ3) is 3.05. The molecule has 0 bridgehead atoms. The first-order valence-electron chi connectivity index (χ1n) is 7.46. The zero-order valence-corrected chi connectivity index (χ0v) is 12.8. The van der Waals surface area contributed by atoms with Crippen molar-refractivity contribution in [1.29, 1.82) is 0 Å². The van der Waals surface area contributed by atoms with Crippen LogP contribution in [-0.4, -0.2) is 44.9 Å². The van der Waals surface area contributed by atoms with Gasteiger partial charge in [0, 0.05) is 49.2 Å². The average Bonchev–Trinajstić information content (AvgIpc) is 2.87. The molecule has 1 aliphatic rings. The molecule has 1 aliphatic heterocycles. The summed E-state index contributed by atoms with van der Waals surface area (Å²) < 4.78 is 0. The summed E-state index contributed by atoms with van der Waals surface area (Å²) in [6, 6.07) is 5.80. The third-order valence-corrected chi connectivity index (χ3v) is 3.72.